The topological polar surface area (TPSA) is 18.5 Å². The lowest BCUT2D eigenvalue weighted by Gasteiger charge is -2.23. The molecule has 1 aliphatic rings. The second kappa shape index (κ2) is 6.17. The van der Waals surface area contributed by atoms with Crippen LogP contribution in [0.25, 0.3) is 0 Å². The van der Waals surface area contributed by atoms with Crippen LogP contribution < -0.4 is 0 Å². The molecule has 0 N–H and O–H groups in total. The Bertz CT molecular complexity index is 157. The summed E-state index contributed by atoms with van der Waals surface area (Å²) in [5, 5.41) is 0. The second-order valence-corrected chi connectivity index (χ2v) is 3.52. The second-order valence-electron chi connectivity index (χ2n) is 3.52. The fourth-order valence-corrected chi connectivity index (χ4v) is 1.38. The zero-order valence-corrected chi connectivity index (χ0v) is 8.71. The molecule has 1 rings (SSSR count). The van der Waals surface area contributed by atoms with E-state index in [1.807, 2.05) is 0 Å². The van der Waals surface area contributed by atoms with Gasteiger partial charge in [-0.15, -0.1) is 0 Å². The van der Waals surface area contributed by atoms with Crippen LogP contribution in [0.15, 0.2) is 11.6 Å². The van der Waals surface area contributed by atoms with E-state index in [9.17, 15) is 0 Å². The molecule has 0 aliphatic carbocycles. The molecular weight excluding hydrogens is 164 g/mol. The minimum absolute atomic E-state index is 0.0643. The third-order valence-corrected chi connectivity index (χ3v) is 2.22. The minimum Gasteiger partial charge on any atom is -0.349 e. The molecule has 0 bridgehead atoms. The van der Waals surface area contributed by atoms with Crippen LogP contribution in [0.3, 0.4) is 0 Å². The van der Waals surface area contributed by atoms with E-state index in [1.165, 1.54) is 18.4 Å². The molecule has 0 saturated carbocycles. The van der Waals surface area contributed by atoms with Crippen LogP contribution in [0.4, 0.5) is 0 Å². The van der Waals surface area contributed by atoms with Crippen LogP contribution in [0.2, 0.25) is 0 Å². The zero-order chi connectivity index (χ0) is 9.52. The summed E-state index contributed by atoms with van der Waals surface area (Å²) >= 11 is 0. The van der Waals surface area contributed by atoms with Crippen LogP contribution in [-0.4, -0.2) is 19.5 Å². The third kappa shape index (κ3) is 3.92. The van der Waals surface area contributed by atoms with Crippen LogP contribution >= 0.6 is 0 Å². The Hall–Kier alpha value is -0.340. The molecule has 76 valence electrons. The van der Waals surface area contributed by atoms with E-state index < -0.39 is 0 Å². The van der Waals surface area contributed by atoms with Crippen molar-refractivity contribution < 1.29 is 9.47 Å². The fraction of sp³-hybridized carbons (Fsp3) is 0.818. The largest absolute Gasteiger partial charge is 0.349 e. The summed E-state index contributed by atoms with van der Waals surface area (Å²) < 4.78 is 11.0. The molecule has 2 heteroatoms. The maximum Gasteiger partial charge on any atom is 0.179 e. The van der Waals surface area contributed by atoms with Gasteiger partial charge in [0, 0.05) is 0 Å². The normalized spacial score (nSPS) is 20.6. The van der Waals surface area contributed by atoms with Crippen molar-refractivity contribution in [2.24, 2.45) is 0 Å². The van der Waals surface area contributed by atoms with Crippen molar-refractivity contribution in [1.82, 2.24) is 0 Å². The quantitative estimate of drug-likeness (QED) is 0.494. The maximum atomic E-state index is 5.48. The number of allylic oxidation sites excluding steroid dienone is 1. The summed E-state index contributed by atoms with van der Waals surface area (Å²) in [4.78, 5) is 0. The Kier molecular flexibility index (Phi) is 5.09. The van der Waals surface area contributed by atoms with E-state index in [1.54, 1.807) is 0 Å². The van der Waals surface area contributed by atoms with Crippen molar-refractivity contribution in [3.05, 3.63) is 11.6 Å². The van der Waals surface area contributed by atoms with Crippen LogP contribution in [0.1, 0.15) is 39.5 Å². The van der Waals surface area contributed by atoms with Crippen LogP contribution in [0.5, 0.6) is 0 Å². The zero-order valence-electron chi connectivity index (χ0n) is 8.71. The summed E-state index contributed by atoms with van der Waals surface area (Å²) in [6.45, 7) is 5.97. The fourth-order valence-electron chi connectivity index (χ4n) is 1.38. The summed E-state index contributed by atoms with van der Waals surface area (Å²) in [6, 6.07) is 0. The first-order chi connectivity index (χ1) is 6.34. The Morgan fingerprint density at radius 3 is 2.69 bits per heavy atom. The Balaban J connectivity index is 2.27. The smallest absolute Gasteiger partial charge is 0.179 e. The first-order valence-electron chi connectivity index (χ1n) is 5.24. The molecule has 0 aromatic heterocycles. The van der Waals surface area contributed by atoms with Crippen molar-refractivity contribution in [1.29, 1.82) is 0 Å². The number of hydrogen-bond donors (Lipinski definition) is 0. The predicted octanol–water partition coefficient (Wildman–Crippen LogP) is 2.89. The van der Waals surface area contributed by atoms with Gasteiger partial charge < -0.3 is 9.47 Å². The summed E-state index contributed by atoms with van der Waals surface area (Å²) in [6.07, 6.45) is 6.84. The van der Waals surface area contributed by atoms with Crippen LogP contribution in [0, 0.1) is 0 Å². The Morgan fingerprint density at radius 2 is 2.08 bits per heavy atom. The molecule has 0 aromatic rings. The lowest BCUT2D eigenvalue weighted by Crippen LogP contribution is -2.25. The van der Waals surface area contributed by atoms with E-state index >= 15 is 0 Å². The Labute approximate surface area is 80.9 Å². The van der Waals surface area contributed by atoms with Gasteiger partial charge in [-0.2, -0.15) is 0 Å². The molecule has 0 radical (unpaired) electrons. The lowest BCUT2D eigenvalue weighted by molar-refractivity contribution is -0.156. The first-order valence-corrected chi connectivity index (χ1v) is 5.24. The van der Waals surface area contributed by atoms with Gasteiger partial charge in [-0.3, -0.25) is 0 Å². The molecule has 1 saturated heterocycles. The molecule has 1 aliphatic heterocycles. The average Bonchev–Trinajstić information content (AvgIpc) is 2.19. The molecule has 13 heavy (non-hydrogen) atoms. The van der Waals surface area contributed by atoms with Gasteiger partial charge >= 0.3 is 0 Å². The van der Waals surface area contributed by atoms with Crippen LogP contribution in [-0.2, 0) is 9.47 Å². The molecule has 1 fully saturated rings. The third-order valence-electron chi connectivity index (χ3n) is 2.22. The van der Waals surface area contributed by atoms with Gasteiger partial charge in [0.25, 0.3) is 0 Å². The van der Waals surface area contributed by atoms with Gasteiger partial charge in [-0.05, 0) is 25.3 Å². The number of unbranched alkanes of at least 4 members (excludes halogenated alkanes) is 2. The molecule has 0 amide bonds. The highest BCUT2D eigenvalue weighted by atomic mass is 16.7. The van der Waals surface area contributed by atoms with Gasteiger partial charge in [0.1, 0.15) is 0 Å². The van der Waals surface area contributed by atoms with Gasteiger partial charge in [0.05, 0.1) is 13.2 Å². The standard InChI is InChI=1S/C11H20O2/c1-3-4-5-7-10(2)11-12-8-6-9-13-11/h7,11H,3-6,8-9H2,1-2H3/b10-7+. The predicted molar refractivity (Wildman–Crippen MR) is 53.6 cm³/mol. The van der Waals surface area contributed by atoms with Gasteiger partial charge in [0.15, 0.2) is 6.29 Å². The lowest BCUT2D eigenvalue weighted by atomic mass is 10.2. The summed E-state index contributed by atoms with van der Waals surface area (Å²) in [7, 11) is 0. The molecule has 0 unspecified atom stereocenters. The number of hydrogen-bond acceptors (Lipinski definition) is 2. The van der Waals surface area contributed by atoms with Gasteiger partial charge in [-0.1, -0.05) is 25.8 Å². The monoisotopic (exact) mass is 184 g/mol. The van der Waals surface area contributed by atoms with Gasteiger partial charge in [0.2, 0.25) is 0 Å². The van der Waals surface area contributed by atoms with E-state index in [4.69, 9.17) is 9.47 Å². The van der Waals surface area contributed by atoms with E-state index in [0.717, 1.165) is 26.1 Å². The first kappa shape index (κ1) is 10.7. The highest BCUT2D eigenvalue weighted by molar-refractivity contribution is 5.02. The van der Waals surface area contributed by atoms with Crippen molar-refractivity contribution in [3.8, 4) is 0 Å². The molecular formula is C11H20O2. The van der Waals surface area contributed by atoms with Crippen molar-refractivity contribution in [3.63, 3.8) is 0 Å². The van der Waals surface area contributed by atoms with E-state index in [-0.39, 0.29) is 6.29 Å². The van der Waals surface area contributed by atoms with Gasteiger partial charge in [-0.25, -0.2) is 0 Å². The maximum absolute atomic E-state index is 5.48. The molecule has 1 heterocycles. The average molecular weight is 184 g/mol. The van der Waals surface area contributed by atoms with E-state index in [2.05, 4.69) is 19.9 Å². The molecule has 2 nitrogen and oxygen atoms in total. The molecule has 0 aromatic carbocycles. The highest BCUT2D eigenvalue weighted by Crippen LogP contribution is 2.14. The minimum atomic E-state index is -0.0643. The SMILES string of the molecule is CCCC/C=C(\C)C1OCCCO1. The van der Waals surface area contributed by atoms with Crippen molar-refractivity contribution in [2.75, 3.05) is 13.2 Å². The van der Waals surface area contributed by atoms with Crippen molar-refractivity contribution in [2.45, 2.75) is 45.8 Å². The summed E-state index contributed by atoms with van der Waals surface area (Å²) in [5.74, 6) is 0. The molecule has 0 atom stereocenters. The Morgan fingerprint density at radius 1 is 1.38 bits per heavy atom. The highest BCUT2D eigenvalue weighted by Gasteiger charge is 2.14. The number of rotatable bonds is 4. The van der Waals surface area contributed by atoms with Crippen molar-refractivity contribution >= 4 is 0 Å². The molecule has 0 spiro atoms. The number of ether oxygens (including phenoxy) is 2. The van der Waals surface area contributed by atoms with E-state index in [0.29, 0.717) is 0 Å². The summed E-state index contributed by atoms with van der Waals surface area (Å²) in [5.41, 5.74) is 1.23.